The molecule has 46 heavy (non-hydrogen) atoms. The molecule has 230 valence electrons. The summed E-state index contributed by atoms with van der Waals surface area (Å²) >= 11 is 15.6. The summed E-state index contributed by atoms with van der Waals surface area (Å²) in [6.45, 7) is 1.99. The van der Waals surface area contributed by atoms with Gasteiger partial charge in [-0.05, 0) is 78.7 Å². The molecule has 0 bridgehead atoms. The van der Waals surface area contributed by atoms with E-state index in [1.807, 2.05) is 13.0 Å². The Balaban J connectivity index is 1.38. The average molecular weight is 716 g/mol. The van der Waals surface area contributed by atoms with Crippen LogP contribution in [0.25, 0.3) is 22.2 Å². The number of benzene rings is 4. The van der Waals surface area contributed by atoms with Crippen LogP contribution in [0.2, 0.25) is 5.02 Å². The molecule has 7 nitrogen and oxygen atoms in total. The maximum absolute atomic E-state index is 13.9. The molecule has 1 aliphatic heterocycles. The van der Waals surface area contributed by atoms with Gasteiger partial charge in [0.15, 0.2) is 6.10 Å². The molecule has 1 aliphatic rings. The maximum atomic E-state index is 13.9. The van der Waals surface area contributed by atoms with Crippen LogP contribution in [0.3, 0.4) is 0 Å². The van der Waals surface area contributed by atoms with Crippen molar-refractivity contribution in [1.29, 1.82) is 0 Å². The monoisotopic (exact) mass is 714 g/mol. The number of esters is 1. The molecule has 2 amide bonds. The quantitative estimate of drug-likeness (QED) is 0.0656. The Morgan fingerprint density at radius 1 is 0.913 bits per heavy atom. The Morgan fingerprint density at radius 3 is 2.17 bits per heavy atom. The van der Waals surface area contributed by atoms with Gasteiger partial charge in [0.1, 0.15) is 0 Å². The second-order valence-corrected chi connectivity index (χ2v) is 12.4. The SMILES string of the molecule is CCc1cc(Br)cc2c(C(=O)OC(CCCl)C(=O)c3ccc(Cl)cc3)cc(-c3ccc(N4C(=O)c5ccccc5C4=O)cc3)nc12. The molecule has 1 unspecified atom stereocenters. The molecule has 6 rings (SSSR count). The smallest absolute Gasteiger partial charge is 0.339 e. The van der Waals surface area contributed by atoms with Crippen LogP contribution >= 0.6 is 39.1 Å². The number of rotatable bonds is 9. The van der Waals surface area contributed by atoms with E-state index in [0.29, 0.717) is 56.0 Å². The number of ether oxygens (including phenoxy) is 1. The topological polar surface area (TPSA) is 93.6 Å². The van der Waals surface area contributed by atoms with Crippen molar-refractivity contribution in [3.63, 3.8) is 0 Å². The van der Waals surface area contributed by atoms with Crippen molar-refractivity contribution in [2.45, 2.75) is 25.9 Å². The number of pyridine rings is 1. The summed E-state index contributed by atoms with van der Waals surface area (Å²) in [5, 5.41) is 1.04. The predicted octanol–water partition coefficient (Wildman–Crippen LogP) is 8.72. The first kappa shape index (κ1) is 31.6. The molecule has 0 spiro atoms. The Bertz CT molecular complexity index is 2000. The number of fused-ring (bicyclic) bond motifs is 2. The Labute approximate surface area is 283 Å². The van der Waals surface area contributed by atoms with Crippen molar-refractivity contribution in [3.8, 4) is 11.3 Å². The van der Waals surface area contributed by atoms with E-state index in [9.17, 15) is 19.2 Å². The summed E-state index contributed by atoms with van der Waals surface area (Å²) in [5.74, 6) is -1.76. The minimum atomic E-state index is -1.12. The van der Waals surface area contributed by atoms with Gasteiger partial charge in [-0.2, -0.15) is 0 Å². The van der Waals surface area contributed by atoms with E-state index in [4.69, 9.17) is 32.9 Å². The molecule has 0 radical (unpaired) electrons. The first-order valence-corrected chi connectivity index (χ1v) is 16.2. The second-order valence-electron chi connectivity index (χ2n) is 10.7. The Hall–Kier alpha value is -4.37. The number of aromatic nitrogens is 1. The molecule has 4 aromatic carbocycles. The molecule has 0 aliphatic carbocycles. The van der Waals surface area contributed by atoms with E-state index in [-0.39, 0.29) is 35.5 Å². The zero-order chi connectivity index (χ0) is 32.5. The Kier molecular flexibility index (Phi) is 9.04. The summed E-state index contributed by atoms with van der Waals surface area (Å²) in [6.07, 6.45) is -0.355. The van der Waals surface area contributed by atoms with Gasteiger partial charge in [0.25, 0.3) is 11.8 Å². The van der Waals surface area contributed by atoms with Gasteiger partial charge in [0.05, 0.1) is 33.6 Å². The van der Waals surface area contributed by atoms with Gasteiger partial charge in [-0.25, -0.2) is 14.7 Å². The number of imide groups is 1. The van der Waals surface area contributed by atoms with Crippen LogP contribution in [-0.2, 0) is 11.2 Å². The number of ketones is 1. The van der Waals surface area contributed by atoms with Crippen LogP contribution in [0.15, 0.2) is 95.5 Å². The minimum absolute atomic E-state index is 0.102. The zero-order valence-corrected chi connectivity index (χ0v) is 27.5. The standard InChI is InChI=1S/C36H25BrCl2N2O5/c1-2-20-17-23(37)18-28-29(36(45)46-31(15-16-38)33(42)22-7-11-24(39)12-8-22)19-30(40-32(20)28)21-9-13-25(14-10-21)41-34(43)26-5-3-4-6-27(26)35(41)44/h3-14,17-19,31H,2,15-16H2,1H3. The molecule has 0 saturated carbocycles. The number of amides is 2. The molecule has 1 atom stereocenters. The van der Waals surface area contributed by atoms with E-state index in [1.54, 1.807) is 84.9 Å². The van der Waals surface area contributed by atoms with Crippen LogP contribution in [0.5, 0.6) is 0 Å². The first-order chi connectivity index (χ1) is 22.2. The van der Waals surface area contributed by atoms with Crippen LogP contribution in [0, 0.1) is 0 Å². The zero-order valence-electron chi connectivity index (χ0n) is 24.4. The molecule has 2 heterocycles. The Morgan fingerprint density at radius 2 is 1.57 bits per heavy atom. The molecule has 0 saturated heterocycles. The molecule has 1 aromatic heterocycles. The normalized spacial score (nSPS) is 13.2. The number of hydrogen-bond donors (Lipinski definition) is 0. The minimum Gasteiger partial charge on any atom is -0.450 e. The number of carbonyl (C=O) groups excluding carboxylic acids is 4. The third kappa shape index (κ3) is 5.96. The second kappa shape index (κ2) is 13.2. The fraction of sp³-hybridized carbons (Fsp3) is 0.139. The van der Waals surface area contributed by atoms with Crippen LogP contribution < -0.4 is 4.90 Å². The highest BCUT2D eigenvalue weighted by molar-refractivity contribution is 9.10. The van der Waals surface area contributed by atoms with Crippen LogP contribution in [0.1, 0.15) is 60.3 Å². The van der Waals surface area contributed by atoms with Gasteiger partial charge in [-0.15, -0.1) is 11.6 Å². The number of carbonyl (C=O) groups is 4. The molecule has 10 heteroatoms. The number of Topliss-reactive ketones (excluding diaryl/α,β-unsaturated/α-hetero) is 1. The molecular weight excluding hydrogens is 691 g/mol. The number of halogens is 3. The average Bonchev–Trinajstić information content (AvgIpc) is 3.32. The largest absolute Gasteiger partial charge is 0.450 e. The molecule has 0 N–H and O–H groups in total. The van der Waals surface area contributed by atoms with Gasteiger partial charge >= 0.3 is 5.97 Å². The molecular formula is C36H25BrCl2N2O5. The summed E-state index contributed by atoms with van der Waals surface area (Å²) < 4.78 is 6.61. The maximum Gasteiger partial charge on any atom is 0.339 e. The van der Waals surface area contributed by atoms with Crippen molar-refractivity contribution >= 4 is 79.3 Å². The van der Waals surface area contributed by atoms with Gasteiger partial charge < -0.3 is 4.74 Å². The third-order valence-electron chi connectivity index (χ3n) is 7.82. The van der Waals surface area contributed by atoms with Crippen molar-refractivity contribution < 1.29 is 23.9 Å². The lowest BCUT2D eigenvalue weighted by Crippen LogP contribution is -2.29. The predicted molar refractivity (Wildman–Crippen MR) is 182 cm³/mol. The summed E-state index contributed by atoms with van der Waals surface area (Å²) in [7, 11) is 0. The van der Waals surface area contributed by atoms with Crippen molar-refractivity contribution in [2.24, 2.45) is 0 Å². The van der Waals surface area contributed by atoms with E-state index in [2.05, 4.69) is 15.9 Å². The fourth-order valence-corrected chi connectivity index (χ4v) is 6.32. The van der Waals surface area contributed by atoms with Crippen LogP contribution in [0.4, 0.5) is 5.69 Å². The number of alkyl halides is 1. The van der Waals surface area contributed by atoms with E-state index < -0.39 is 12.1 Å². The highest BCUT2D eigenvalue weighted by Gasteiger charge is 2.36. The number of anilines is 1. The summed E-state index contributed by atoms with van der Waals surface area (Å²) in [4.78, 5) is 59.3. The number of hydrogen-bond acceptors (Lipinski definition) is 6. The van der Waals surface area contributed by atoms with Gasteiger partial charge in [-0.3, -0.25) is 14.4 Å². The lowest BCUT2D eigenvalue weighted by atomic mass is 10.00. The first-order valence-electron chi connectivity index (χ1n) is 14.5. The number of aryl methyl sites for hydroxylation is 1. The highest BCUT2D eigenvalue weighted by atomic mass is 79.9. The summed E-state index contributed by atoms with van der Waals surface area (Å²) in [6, 6.07) is 25.3. The van der Waals surface area contributed by atoms with E-state index in [1.165, 1.54) is 0 Å². The number of nitrogens with zero attached hydrogens (tertiary/aromatic N) is 2. The van der Waals surface area contributed by atoms with Crippen LogP contribution in [-0.4, -0.2) is 40.5 Å². The lowest BCUT2D eigenvalue weighted by Gasteiger charge is -2.18. The van der Waals surface area contributed by atoms with Crippen molar-refractivity contribution in [2.75, 3.05) is 10.8 Å². The highest BCUT2D eigenvalue weighted by Crippen LogP contribution is 2.33. The lowest BCUT2D eigenvalue weighted by molar-refractivity contribution is 0.0280. The summed E-state index contributed by atoms with van der Waals surface area (Å²) in [5.41, 5.74) is 4.34. The van der Waals surface area contributed by atoms with Gasteiger partial charge in [0.2, 0.25) is 5.78 Å². The van der Waals surface area contributed by atoms with Gasteiger partial charge in [0, 0.05) is 38.3 Å². The van der Waals surface area contributed by atoms with Gasteiger partial charge in [-0.1, -0.05) is 58.7 Å². The van der Waals surface area contributed by atoms with Crippen molar-refractivity contribution in [1.82, 2.24) is 4.98 Å². The van der Waals surface area contributed by atoms with Crippen molar-refractivity contribution in [3.05, 3.63) is 128 Å². The molecule has 0 fully saturated rings. The van der Waals surface area contributed by atoms with E-state index in [0.717, 1.165) is 14.9 Å². The fourth-order valence-electron chi connectivity index (χ4n) is 5.49. The third-order valence-corrected chi connectivity index (χ3v) is 8.74. The van der Waals surface area contributed by atoms with E-state index >= 15 is 0 Å². The molecule has 5 aromatic rings.